The number of fused-ring (bicyclic) bond motifs is 1. The Hall–Kier alpha value is -3.34. The molecule has 2 N–H and O–H groups in total. The first-order valence-corrected chi connectivity index (χ1v) is 8.39. The minimum Gasteiger partial charge on any atom is -0.491 e. The molecule has 2 aromatic carbocycles. The van der Waals surface area contributed by atoms with E-state index in [1.807, 2.05) is 38.1 Å². The van der Waals surface area contributed by atoms with Gasteiger partial charge in [-0.15, -0.1) is 0 Å². The van der Waals surface area contributed by atoms with Gasteiger partial charge in [0.05, 0.1) is 6.10 Å². The summed E-state index contributed by atoms with van der Waals surface area (Å²) in [7, 11) is 0. The number of H-pyrrole nitrogens is 1. The summed E-state index contributed by atoms with van der Waals surface area (Å²) >= 11 is 0. The lowest BCUT2D eigenvalue weighted by atomic mass is 10.1. The van der Waals surface area contributed by atoms with Crippen LogP contribution >= 0.6 is 0 Å². The molecule has 1 aromatic heterocycles. The van der Waals surface area contributed by atoms with E-state index in [1.165, 1.54) is 12.2 Å². The summed E-state index contributed by atoms with van der Waals surface area (Å²) in [5, 5.41) is 3.67. The standard InChI is InChI=1S/C21H20N2O3/c1-14(2)26-18-10-8-17(9-11-18)22-20(24)12-7-16-13-15-5-3-4-6-19(15)23-21(16)25/h3-14H,1-2H3,(H,22,24)(H,23,25)/b12-7+. The summed E-state index contributed by atoms with van der Waals surface area (Å²) in [6.07, 6.45) is 2.95. The highest BCUT2D eigenvalue weighted by Crippen LogP contribution is 2.17. The van der Waals surface area contributed by atoms with Crippen LogP contribution in [0.25, 0.3) is 17.0 Å². The maximum Gasteiger partial charge on any atom is 0.255 e. The average Bonchev–Trinajstić information content (AvgIpc) is 2.61. The lowest BCUT2D eigenvalue weighted by Gasteiger charge is -2.10. The Labute approximate surface area is 151 Å². The third kappa shape index (κ3) is 4.39. The smallest absolute Gasteiger partial charge is 0.255 e. The Kier molecular flexibility index (Phi) is 5.17. The highest BCUT2D eigenvalue weighted by Gasteiger charge is 2.03. The van der Waals surface area contributed by atoms with Gasteiger partial charge in [0.15, 0.2) is 0 Å². The van der Waals surface area contributed by atoms with E-state index in [0.29, 0.717) is 11.3 Å². The Bertz CT molecular complexity index is 1000. The van der Waals surface area contributed by atoms with Gasteiger partial charge < -0.3 is 15.0 Å². The predicted octanol–water partition coefficient (Wildman–Crippen LogP) is 3.97. The second-order valence-electron chi connectivity index (χ2n) is 6.15. The van der Waals surface area contributed by atoms with Gasteiger partial charge in [-0.05, 0) is 61.7 Å². The molecule has 26 heavy (non-hydrogen) atoms. The molecule has 0 fully saturated rings. The third-order valence-corrected chi connectivity index (χ3v) is 3.69. The number of carbonyl (C=O) groups is 1. The van der Waals surface area contributed by atoms with Crippen molar-refractivity contribution in [3.05, 3.63) is 76.6 Å². The van der Waals surface area contributed by atoms with Gasteiger partial charge >= 0.3 is 0 Å². The second kappa shape index (κ2) is 7.70. The van der Waals surface area contributed by atoms with Crippen molar-refractivity contribution in [1.29, 1.82) is 0 Å². The van der Waals surface area contributed by atoms with Gasteiger partial charge in [0, 0.05) is 22.8 Å². The number of ether oxygens (including phenoxy) is 1. The third-order valence-electron chi connectivity index (χ3n) is 3.69. The molecule has 0 saturated carbocycles. The van der Waals surface area contributed by atoms with E-state index in [9.17, 15) is 9.59 Å². The largest absolute Gasteiger partial charge is 0.491 e. The summed E-state index contributed by atoms with van der Waals surface area (Å²) in [5.41, 5.74) is 1.62. The first kappa shape index (κ1) is 17.5. The molecule has 132 valence electrons. The van der Waals surface area contributed by atoms with Crippen LogP contribution in [0.2, 0.25) is 0 Å². The topological polar surface area (TPSA) is 71.2 Å². The number of hydrogen-bond acceptors (Lipinski definition) is 3. The molecule has 0 atom stereocenters. The van der Waals surface area contributed by atoms with Crippen molar-refractivity contribution in [2.24, 2.45) is 0 Å². The predicted molar refractivity (Wildman–Crippen MR) is 104 cm³/mol. The first-order valence-electron chi connectivity index (χ1n) is 8.39. The molecule has 0 aliphatic rings. The fraction of sp³-hybridized carbons (Fsp3) is 0.143. The van der Waals surface area contributed by atoms with E-state index < -0.39 is 0 Å². The van der Waals surface area contributed by atoms with Gasteiger partial charge in [0.2, 0.25) is 5.91 Å². The van der Waals surface area contributed by atoms with Crippen molar-refractivity contribution in [3.8, 4) is 5.75 Å². The zero-order chi connectivity index (χ0) is 18.5. The molecule has 0 spiro atoms. The number of pyridine rings is 1. The maximum atomic E-state index is 12.1. The molecule has 0 bridgehead atoms. The van der Waals surface area contributed by atoms with Gasteiger partial charge in [-0.3, -0.25) is 9.59 Å². The molecule has 3 aromatic rings. The minimum atomic E-state index is -0.310. The van der Waals surface area contributed by atoms with E-state index in [1.54, 1.807) is 30.3 Å². The summed E-state index contributed by atoms with van der Waals surface area (Å²) in [6, 6.07) is 16.4. The van der Waals surface area contributed by atoms with Crippen LogP contribution in [0.3, 0.4) is 0 Å². The number of aromatic nitrogens is 1. The quantitative estimate of drug-likeness (QED) is 0.686. The number of anilines is 1. The number of rotatable bonds is 5. The summed E-state index contributed by atoms with van der Waals surface area (Å²) in [4.78, 5) is 27.0. The summed E-state index contributed by atoms with van der Waals surface area (Å²) < 4.78 is 5.56. The van der Waals surface area contributed by atoms with Gasteiger partial charge in [-0.1, -0.05) is 18.2 Å². The molecule has 3 rings (SSSR count). The number of nitrogens with one attached hydrogen (secondary N) is 2. The van der Waals surface area contributed by atoms with Crippen molar-refractivity contribution >= 4 is 28.6 Å². The van der Waals surface area contributed by atoms with Crippen molar-refractivity contribution < 1.29 is 9.53 Å². The molecule has 0 aliphatic carbocycles. The second-order valence-corrected chi connectivity index (χ2v) is 6.15. The molecule has 0 radical (unpaired) electrons. The highest BCUT2D eigenvalue weighted by molar-refractivity contribution is 6.02. The van der Waals surface area contributed by atoms with E-state index in [4.69, 9.17) is 4.74 Å². The Morgan fingerprint density at radius 2 is 1.85 bits per heavy atom. The number of amides is 1. The molecule has 5 nitrogen and oxygen atoms in total. The number of carbonyl (C=O) groups excluding carboxylic acids is 1. The maximum absolute atomic E-state index is 12.1. The molecule has 1 heterocycles. The van der Waals surface area contributed by atoms with Crippen LogP contribution in [-0.2, 0) is 4.79 Å². The molecule has 5 heteroatoms. The van der Waals surface area contributed by atoms with E-state index in [0.717, 1.165) is 16.7 Å². The monoisotopic (exact) mass is 348 g/mol. The van der Waals surface area contributed by atoms with Crippen LogP contribution in [0.4, 0.5) is 5.69 Å². The van der Waals surface area contributed by atoms with Crippen LogP contribution in [0.5, 0.6) is 5.75 Å². The molecule has 1 amide bonds. The Balaban J connectivity index is 1.69. The van der Waals surface area contributed by atoms with E-state index >= 15 is 0 Å². The van der Waals surface area contributed by atoms with Crippen molar-refractivity contribution in [2.75, 3.05) is 5.32 Å². The molecule has 0 aliphatic heterocycles. The molecule has 0 saturated heterocycles. The number of benzene rings is 2. The zero-order valence-corrected chi connectivity index (χ0v) is 14.7. The van der Waals surface area contributed by atoms with Crippen LogP contribution in [0, 0.1) is 0 Å². The highest BCUT2D eigenvalue weighted by atomic mass is 16.5. The fourth-order valence-corrected chi connectivity index (χ4v) is 2.53. The van der Waals surface area contributed by atoms with Gasteiger partial charge in [0.1, 0.15) is 5.75 Å². The van der Waals surface area contributed by atoms with Crippen LogP contribution in [0.1, 0.15) is 19.4 Å². The van der Waals surface area contributed by atoms with Crippen LogP contribution in [-0.4, -0.2) is 17.0 Å². The molecule has 0 unspecified atom stereocenters. The number of para-hydroxylation sites is 1. The molecular formula is C21H20N2O3. The lowest BCUT2D eigenvalue weighted by molar-refractivity contribution is -0.111. The van der Waals surface area contributed by atoms with Gasteiger partial charge in [-0.25, -0.2) is 0 Å². The number of aromatic amines is 1. The number of hydrogen-bond donors (Lipinski definition) is 2. The fourth-order valence-electron chi connectivity index (χ4n) is 2.53. The SMILES string of the molecule is CC(C)Oc1ccc(NC(=O)/C=C/c2cc3ccccc3[nH]c2=O)cc1. The van der Waals surface area contributed by atoms with Crippen LogP contribution < -0.4 is 15.6 Å². The first-order chi connectivity index (χ1) is 12.5. The van der Waals surface area contributed by atoms with Gasteiger partial charge in [0.25, 0.3) is 5.56 Å². The summed E-state index contributed by atoms with van der Waals surface area (Å²) in [5.74, 6) is 0.436. The average molecular weight is 348 g/mol. The Morgan fingerprint density at radius 1 is 1.12 bits per heavy atom. The minimum absolute atomic E-state index is 0.0958. The summed E-state index contributed by atoms with van der Waals surface area (Å²) in [6.45, 7) is 3.91. The van der Waals surface area contributed by atoms with E-state index in [-0.39, 0.29) is 17.6 Å². The Morgan fingerprint density at radius 3 is 2.58 bits per heavy atom. The normalized spacial score (nSPS) is 11.2. The lowest BCUT2D eigenvalue weighted by Crippen LogP contribution is -2.11. The van der Waals surface area contributed by atoms with Gasteiger partial charge in [-0.2, -0.15) is 0 Å². The van der Waals surface area contributed by atoms with Crippen LogP contribution in [0.15, 0.2) is 65.5 Å². The van der Waals surface area contributed by atoms with Crippen molar-refractivity contribution in [1.82, 2.24) is 4.98 Å². The molecular weight excluding hydrogens is 328 g/mol. The zero-order valence-electron chi connectivity index (χ0n) is 14.7. The van der Waals surface area contributed by atoms with E-state index in [2.05, 4.69) is 10.3 Å². The van der Waals surface area contributed by atoms with Crippen molar-refractivity contribution in [2.45, 2.75) is 20.0 Å². The van der Waals surface area contributed by atoms with Crippen molar-refractivity contribution in [3.63, 3.8) is 0 Å².